The minimum atomic E-state index is -0.857. The van der Waals surface area contributed by atoms with Crippen LogP contribution in [0.4, 0.5) is 0 Å². The number of aliphatic carboxylic acids is 1. The lowest BCUT2D eigenvalue weighted by Crippen LogP contribution is -2.35. The predicted octanol–water partition coefficient (Wildman–Crippen LogP) is 0.0802. The van der Waals surface area contributed by atoms with Gasteiger partial charge in [-0.25, -0.2) is 0 Å². The number of aryl methyl sites for hydroxylation is 1. The molecule has 1 rings (SSSR count). The Bertz CT molecular complexity index is 378. The molecule has 0 aliphatic rings. The Morgan fingerprint density at radius 3 is 2.61 bits per heavy atom. The van der Waals surface area contributed by atoms with Gasteiger partial charge in [0.05, 0.1) is 13.1 Å². The number of likely N-dealkylation sites (N-methyl/N-ethyl adjacent to an activating group) is 1. The van der Waals surface area contributed by atoms with Crippen molar-refractivity contribution in [2.24, 2.45) is 0 Å². The van der Waals surface area contributed by atoms with Gasteiger partial charge in [-0.2, -0.15) is 4.98 Å². The highest BCUT2D eigenvalue weighted by molar-refractivity contribution is 5.69. The molecule has 0 radical (unpaired) electrons. The van der Waals surface area contributed by atoms with Gasteiger partial charge in [0.25, 0.3) is 0 Å². The first-order valence-corrected chi connectivity index (χ1v) is 5.91. The fraction of sp³-hybridized carbons (Fsp3) is 0.727. The molecule has 7 heteroatoms. The Balaban J connectivity index is 2.56. The summed E-state index contributed by atoms with van der Waals surface area (Å²) in [7, 11) is 3.89. The molecule has 0 saturated heterocycles. The molecule has 0 aromatic carbocycles. The van der Waals surface area contributed by atoms with Crippen LogP contribution in [0.3, 0.4) is 0 Å². The van der Waals surface area contributed by atoms with Gasteiger partial charge in [0.15, 0.2) is 5.82 Å². The van der Waals surface area contributed by atoms with Gasteiger partial charge in [-0.05, 0) is 14.1 Å². The average Bonchev–Trinajstić information content (AvgIpc) is 2.73. The van der Waals surface area contributed by atoms with Crippen LogP contribution in [0.15, 0.2) is 4.52 Å². The van der Waals surface area contributed by atoms with Crippen molar-refractivity contribution in [2.75, 3.05) is 33.7 Å². The summed E-state index contributed by atoms with van der Waals surface area (Å²) in [4.78, 5) is 18.7. The van der Waals surface area contributed by atoms with Gasteiger partial charge in [0.2, 0.25) is 5.89 Å². The van der Waals surface area contributed by atoms with Crippen molar-refractivity contribution >= 4 is 5.97 Å². The average molecular weight is 256 g/mol. The summed E-state index contributed by atoms with van der Waals surface area (Å²) in [5, 5.41) is 12.6. The third-order valence-electron chi connectivity index (χ3n) is 2.41. The van der Waals surface area contributed by atoms with Crippen LogP contribution in [0.1, 0.15) is 18.6 Å². The van der Waals surface area contributed by atoms with Crippen LogP contribution in [0.25, 0.3) is 0 Å². The first kappa shape index (κ1) is 14.6. The first-order chi connectivity index (χ1) is 8.51. The molecule has 1 aromatic heterocycles. The molecular formula is C11H20N4O3. The van der Waals surface area contributed by atoms with Crippen LogP contribution in [0.2, 0.25) is 0 Å². The standard InChI is InChI=1S/C11H20N4O3/c1-4-9-12-10(18-13-9)7-15(8-11(16)17)6-5-14(2)3/h4-8H2,1-3H3,(H,16,17). The highest BCUT2D eigenvalue weighted by Gasteiger charge is 2.14. The molecule has 7 nitrogen and oxygen atoms in total. The maximum Gasteiger partial charge on any atom is 0.317 e. The van der Waals surface area contributed by atoms with E-state index in [1.165, 1.54) is 0 Å². The summed E-state index contributed by atoms with van der Waals surface area (Å²) in [5.74, 6) is 0.253. The van der Waals surface area contributed by atoms with Crippen LogP contribution >= 0.6 is 0 Å². The molecule has 0 fully saturated rings. The topological polar surface area (TPSA) is 82.7 Å². The number of aromatic nitrogens is 2. The van der Waals surface area contributed by atoms with Gasteiger partial charge in [-0.3, -0.25) is 9.69 Å². The SMILES string of the molecule is CCc1noc(CN(CCN(C)C)CC(=O)O)n1. The van der Waals surface area contributed by atoms with Gasteiger partial charge >= 0.3 is 5.97 Å². The predicted molar refractivity (Wildman–Crippen MR) is 65.1 cm³/mol. The van der Waals surface area contributed by atoms with E-state index >= 15 is 0 Å². The third-order valence-corrected chi connectivity index (χ3v) is 2.41. The van der Waals surface area contributed by atoms with E-state index in [2.05, 4.69) is 10.1 Å². The van der Waals surface area contributed by atoms with E-state index in [-0.39, 0.29) is 6.54 Å². The van der Waals surface area contributed by atoms with Gasteiger partial charge in [0.1, 0.15) is 0 Å². The molecule has 0 amide bonds. The lowest BCUT2D eigenvalue weighted by molar-refractivity contribution is -0.138. The van der Waals surface area contributed by atoms with Crippen LogP contribution in [-0.4, -0.2) is 64.7 Å². The minimum Gasteiger partial charge on any atom is -0.480 e. The van der Waals surface area contributed by atoms with Crippen molar-refractivity contribution in [3.63, 3.8) is 0 Å². The van der Waals surface area contributed by atoms with Crippen LogP contribution in [0.5, 0.6) is 0 Å². The molecule has 0 aliphatic heterocycles. The summed E-state index contributed by atoms with van der Waals surface area (Å²) < 4.78 is 5.07. The first-order valence-electron chi connectivity index (χ1n) is 5.91. The van der Waals surface area contributed by atoms with E-state index in [0.717, 1.165) is 6.54 Å². The molecule has 0 unspecified atom stereocenters. The Morgan fingerprint density at radius 1 is 1.39 bits per heavy atom. The van der Waals surface area contributed by atoms with Crippen LogP contribution < -0.4 is 0 Å². The highest BCUT2D eigenvalue weighted by atomic mass is 16.5. The zero-order valence-corrected chi connectivity index (χ0v) is 11.1. The summed E-state index contributed by atoms with van der Waals surface area (Å²) in [5.41, 5.74) is 0. The van der Waals surface area contributed by atoms with E-state index in [1.807, 2.05) is 25.9 Å². The number of hydrogen-bond acceptors (Lipinski definition) is 6. The monoisotopic (exact) mass is 256 g/mol. The van der Waals surface area contributed by atoms with Crippen molar-refractivity contribution in [3.8, 4) is 0 Å². The van der Waals surface area contributed by atoms with E-state index in [9.17, 15) is 4.79 Å². The van der Waals surface area contributed by atoms with Crippen LogP contribution in [0, 0.1) is 0 Å². The number of nitrogens with zero attached hydrogens (tertiary/aromatic N) is 4. The fourth-order valence-electron chi connectivity index (χ4n) is 1.44. The Hall–Kier alpha value is -1.47. The minimum absolute atomic E-state index is 0.0301. The van der Waals surface area contributed by atoms with Crippen molar-refractivity contribution < 1.29 is 14.4 Å². The molecular weight excluding hydrogens is 236 g/mol. The van der Waals surface area contributed by atoms with Gasteiger partial charge in [0, 0.05) is 19.5 Å². The molecule has 0 aliphatic carbocycles. The van der Waals surface area contributed by atoms with E-state index in [4.69, 9.17) is 9.63 Å². The smallest absolute Gasteiger partial charge is 0.317 e. The van der Waals surface area contributed by atoms with E-state index in [0.29, 0.717) is 31.2 Å². The molecule has 0 atom stereocenters. The molecule has 18 heavy (non-hydrogen) atoms. The zero-order valence-electron chi connectivity index (χ0n) is 11.1. The number of rotatable bonds is 8. The second kappa shape index (κ2) is 7.07. The second-order valence-corrected chi connectivity index (χ2v) is 4.37. The highest BCUT2D eigenvalue weighted by Crippen LogP contribution is 2.03. The molecule has 0 bridgehead atoms. The number of carboxylic acid groups (broad SMARTS) is 1. The Morgan fingerprint density at radius 2 is 2.11 bits per heavy atom. The lowest BCUT2D eigenvalue weighted by atomic mass is 10.4. The molecule has 102 valence electrons. The molecule has 0 saturated carbocycles. The van der Waals surface area contributed by atoms with Gasteiger partial charge in [-0.15, -0.1) is 0 Å². The van der Waals surface area contributed by atoms with Gasteiger partial charge < -0.3 is 14.5 Å². The second-order valence-electron chi connectivity index (χ2n) is 4.37. The largest absolute Gasteiger partial charge is 0.480 e. The normalized spacial score (nSPS) is 11.4. The van der Waals surface area contributed by atoms with Crippen molar-refractivity contribution in [1.82, 2.24) is 19.9 Å². The number of carbonyl (C=O) groups is 1. The lowest BCUT2D eigenvalue weighted by Gasteiger charge is -2.20. The summed E-state index contributed by atoms with van der Waals surface area (Å²) in [6.07, 6.45) is 0.708. The summed E-state index contributed by atoms with van der Waals surface area (Å²) in [6, 6.07) is 0. The Kier molecular flexibility index (Phi) is 5.73. The maximum atomic E-state index is 10.8. The number of carboxylic acids is 1. The summed E-state index contributed by atoms with van der Waals surface area (Å²) >= 11 is 0. The Labute approximate surface area is 106 Å². The fourth-order valence-corrected chi connectivity index (χ4v) is 1.44. The zero-order chi connectivity index (χ0) is 13.5. The summed E-state index contributed by atoms with van der Waals surface area (Å²) in [6.45, 7) is 3.70. The van der Waals surface area contributed by atoms with Crippen molar-refractivity contribution in [3.05, 3.63) is 11.7 Å². The number of hydrogen-bond donors (Lipinski definition) is 1. The van der Waals surface area contributed by atoms with Crippen molar-refractivity contribution in [2.45, 2.75) is 19.9 Å². The van der Waals surface area contributed by atoms with Gasteiger partial charge in [-0.1, -0.05) is 12.1 Å². The van der Waals surface area contributed by atoms with Crippen molar-refractivity contribution in [1.29, 1.82) is 0 Å². The molecule has 1 N–H and O–H groups in total. The van der Waals surface area contributed by atoms with E-state index < -0.39 is 5.97 Å². The van der Waals surface area contributed by atoms with E-state index in [1.54, 1.807) is 4.90 Å². The third kappa shape index (κ3) is 5.24. The van der Waals surface area contributed by atoms with Crippen LogP contribution in [-0.2, 0) is 17.8 Å². The molecule has 0 spiro atoms. The quantitative estimate of drug-likeness (QED) is 0.705. The molecule has 1 aromatic rings. The maximum absolute atomic E-state index is 10.8. The molecule has 1 heterocycles.